The minimum Gasteiger partial charge on any atom is -0.377 e. The number of fused-ring (bicyclic) bond motifs is 1. The van der Waals surface area contributed by atoms with Crippen LogP contribution in [0.5, 0.6) is 0 Å². The van der Waals surface area contributed by atoms with E-state index in [1.807, 2.05) is 30.7 Å². The maximum atomic E-state index is 13.4. The van der Waals surface area contributed by atoms with Gasteiger partial charge in [0.2, 0.25) is 0 Å². The van der Waals surface area contributed by atoms with Gasteiger partial charge < -0.3 is 9.30 Å². The van der Waals surface area contributed by atoms with Crippen LogP contribution in [0.1, 0.15) is 47.6 Å². The van der Waals surface area contributed by atoms with Gasteiger partial charge in [-0.15, -0.1) is 0 Å². The predicted octanol–water partition coefficient (Wildman–Crippen LogP) is 5.07. The fourth-order valence-electron chi connectivity index (χ4n) is 4.06. The minimum atomic E-state index is -4.40. The number of alkyl halides is 3. The second-order valence-electron chi connectivity index (χ2n) is 8.01. The van der Waals surface area contributed by atoms with Crippen molar-refractivity contribution < 1.29 is 17.9 Å². The summed E-state index contributed by atoms with van der Waals surface area (Å²) in [5, 5.41) is 0.812. The summed E-state index contributed by atoms with van der Waals surface area (Å²) in [6.07, 6.45) is 0.190. The highest BCUT2D eigenvalue weighted by molar-refractivity contribution is 5.81. The van der Waals surface area contributed by atoms with E-state index < -0.39 is 17.8 Å². The molecule has 1 aliphatic rings. The van der Waals surface area contributed by atoms with Crippen LogP contribution in [-0.4, -0.2) is 27.7 Å². The van der Waals surface area contributed by atoms with Gasteiger partial charge in [0.05, 0.1) is 42.2 Å². The molecule has 2 aromatic heterocycles. The lowest BCUT2D eigenvalue weighted by molar-refractivity contribution is -0.138. The second kappa shape index (κ2) is 8.50. The first-order valence-corrected chi connectivity index (χ1v) is 10.5. The molecule has 1 aromatic carbocycles. The molecule has 32 heavy (non-hydrogen) atoms. The van der Waals surface area contributed by atoms with Crippen LogP contribution in [0.3, 0.4) is 0 Å². The van der Waals surface area contributed by atoms with E-state index in [-0.39, 0.29) is 5.56 Å². The van der Waals surface area contributed by atoms with Crippen molar-refractivity contribution in [3.8, 4) is 0 Å². The summed E-state index contributed by atoms with van der Waals surface area (Å²) in [7, 11) is 1.91. The summed E-state index contributed by atoms with van der Waals surface area (Å²) < 4.78 is 47.5. The number of hydrogen-bond acceptors (Lipinski definition) is 4. The van der Waals surface area contributed by atoms with E-state index in [1.165, 1.54) is 13.0 Å². The maximum Gasteiger partial charge on any atom is 0.416 e. The standard InChI is InChI=1S/C24H25F3N4O/c1-14-18(6-5-7-20(14)24(25,26)27)15(2)29-23-19-12-21(17-8-10-32-11-9-17)28-13-22(19)31(4)16(3)30-23/h5-8,12-13,15H,9-11H2,1-4H3/b29-23-/t15-/m1/s1. The Morgan fingerprint density at radius 3 is 2.69 bits per heavy atom. The van der Waals surface area contributed by atoms with Crippen LogP contribution < -0.4 is 5.49 Å². The first-order valence-electron chi connectivity index (χ1n) is 10.5. The molecule has 0 fully saturated rings. The molecule has 1 atom stereocenters. The van der Waals surface area contributed by atoms with Gasteiger partial charge in [0, 0.05) is 12.4 Å². The average molecular weight is 442 g/mol. The highest BCUT2D eigenvalue weighted by Gasteiger charge is 2.33. The topological polar surface area (TPSA) is 52.3 Å². The van der Waals surface area contributed by atoms with E-state index >= 15 is 0 Å². The van der Waals surface area contributed by atoms with E-state index in [9.17, 15) is 13.2 Å². The van der Waals surface area contributed by atoms with E-state index in [1.54, 1.807) is 19.2 Å². The van der Waals surface area contributed by atoms with Crippen LogP contribution in [0.25, 0.3) is 16.5 Å². The zero-order valence-electron chi connectivity index (χ0n) is 18.5. The number of pyridine rings is 1. The molecule has 168 valence electrons. The van der Waals surface area contributed by atoms with E-state index in [0.717, 1.165) is 40.5 Å². The Labute approximate surface area is 184 Å². The third-order valence-corrected chi connectivity index (χ3v) is 5.98. The number of nitrogens with zero attached hydrogens (tertiary/aromatic N) is 4. The lowest BCUT2D eigenvalue weighted by Gasteiger charge is -2.17. The largest absolute Gasteiger partial charge is 0.416 e. The molecular formula is C24H25F3N4O. The quantitative estimate of drug-likeness (QED) is 0.569. The van der Waals surface area contributed by atoms with Gasteiger partial charge >= 0.3 is 6.18 Å². The van der Waals surface area contributed by atoms with Crippen molar-refractivity contribution >= 4 is 16.5 Å². The molecule has 8 heteroatoms. The van der Waals surface area contributed by atoms with Gasteiger partial charge in [-0.3, -0.25) is 9.98 Å². The molecule has 1 aliphatic heterocycles. The summed E-state index contributed by atoms with van der Waals surface area (Å²) in [6.45, 7) is 6.35. The Kier molecular flexibility index (Phi) is 5.90. The second-order valence-corrected chi connectivity index (χ2v) is 8.01. The van der Waals surface area contributed by atoms with Gasteiger partial charge in [-0.1, -0.05) is 18.2 Å². The Morgan fingerprint density at radius 1 is 1.22 bits per heavy atom. The van der Waals surface area contributed by atoms with Crippen molar-refractivity contribution in [2.75, 3.05) is 13.2 Å². The van der Waals surface area contributed by atoms with Gasteiger partial charge in [-0.05, 0) is 56.0 Å². The Bertz CT molecular complexity index is 1270. The molecule has 0 spiro atoms. The molecular weight excluding hydrogens is 417 g/mol. The smallest absolute Gasteiger partial charge is 0.377 e. The number of ether oxygens (including phenoxy) is 1. The number of aryl methyl sites for hydroxylation is 2. The molecule has 0 bridgehead atoms. The van der Waals surface area contributed by atoms with Gasteiger partial charge in [0.1, 0.15) is 5.82 Å². The Morgan fingerprint density at radius 2 is 2.00 bits per heavy atom. The van der Waals surface area contributed by atoms with Crippen molar-refractivity contribution in [2.24, 2.45) is 12.0 Å². The zero-order chi connectivity index (χ0) is 23.0. The maximum absolute atomic E-state index is 13.4. The molecule has 5 nitrogen and oxygen atoms in total. The molecule has 3 heterocycles. The van der Waals surface area contributed by atoms with Crippen molar-refractivity contribution in [1.82, 2.24) is 14.5 Å². The van der Waals surface area contributed by atoms with E-state index in [0.29, 0.717) is 24.3 Å². The number of benzene rings is 1. The lowest BCUT2D eigenvalue weighted by Crippen LogP contribution is -2.19. The highest BCUT2D eigenvalue weighted by atomic mass is 19.4. The van der Waals surface area contributed by atoms with Crippen LogP contribution in [-0.2, 0) is 18.0 Å². The molecule has 3 aromatic rings. The van der Waals surface area contributed by atoms with Gasteiger partial charge in [-0.25, -0.2) is 4.98 Å². The number of aromatic nitrogens is 3. The van der Waals surface area contributed by atoms with Crippen LogP contribution in [0.2, 0.25) is 0 Å². The number of halogens is 3. The van der Waals surface area contributed by atoms with E-state index in [4.69, 9.17) is 9.73 Å². The molecule has 0 saturated carbocycles. The summed E-state index contributed by atoms with van der Waals surface area (Å²) in [6, 6.07) is 5.68. The average Bonchev–Trinajstić information content (AvgIpc) is 2.77. The minimum absolute atomic E-state index is 0.188. The summed E-state index contributed by atoms with van der Waals surface area (Å²) in [5.41, 5.74) is 3.38. The molecule has 0 amide bonds. The predicted molar refractivity (Wildman–Crippen MR) is 117 cm³/mol. The van der Waals surface area contributed by atoms with Crippen LogP contribution in [0, 0.1) is 13.8 Å². The monoisotopic (exact) mass is 442 g/mol. The SMILES string of the molecule is Cc1c([C@@H](C)/N=c2\nc(C)n(C)c3cnc(C4=CCOCC4)cc23)cccc1C(F)(F)F. The third-order valence-electron chi connectivity index (χ3n) is 5.98. The fraction of sp³-hybridized carbons (Fsp3) is 0.375. The first-order chi connectivity index (χ1) is 15.2. The van der Waals surface area contributed by atoms with Crippen LogP contribution >= 0.6 is 0 Å². The highest BCUT2D eigenvalue weighted by Crippen LogP contribution is 2.35. The first kappa shape index (κ1) is 22.2. The number of rotatable bonds is 3. The van der Waals surface area contributed by atoms with Crippen molar-refractivity contribution in [2.45, 2.75) is 39.4 Å². The molecule has 0 unspecified atom stereocenters. The van der Waals surface area contributed by atoms with Gasteiger partial charge in [-0.2, -0.15) is 13.2 Å². The fourth-order valence-corrected chi connectivity index (χ4v) is 4.06. The van der Waals surface area contributed by atoms with E-state index in [2.05, 4.69) is 9.97 Å². The summed E-state index contributed by atoms with van der Waals surface area (Å²) in [5.74, 6) is 0.740. The van der Waals surface area contributed by atoms with Crippen LogP contribution in [0.15, 0.2) is 41.5 Å². The summed E-state index contributed by atoms with van der Waals surface area (Å²) >= 11 is 0. The molecule has 0 saturated heterocycles. The Hall–Kier alpha value is -3.00. The Balaban J connectivity index is 1.88. The molecule has 4 rings (SSSR count). The zero-order valence-corrected chi connectivity index (χ0v) is 18.5. The van der Waals surface area contributed by atoms with Gasteiger partial charge in [0.15, 0.2) is 5.49 Å². The lowest BCUT2D eigenvalue weighted by atomic mass is 9.97. The van der Waals surface area contributed by atoms with Crippen molar-refractivity contribution in [3.05, 3.63) is 70.2 Å². The third kappa shape index (κ3) is 4.19. The van der Waals surface area contributed by atoms with Crippen molar-refractivity contribution in [3.63, 3.8) is 0 Å². The molecule has 0 N–H and O–H groups in total. The summed E-state index contributed by atoms with van der Waals surface area (Å²) in [4.78, 5) is 14.0. The number of hydrogen-bond donors (Lipinski definition) is 0. The molecule has 0 radical (unpaired) electrons. The molecule has 0 aliphatic carbocycles. The normalized spacial score (nSPS) is 16.3. The van der Waals surface area contributed by atoms with Crippen LogP contribution in [0.4, 0.5) is 13.2 Å². The van der Waals surface area contributed by atoms with Crippen molar-refractivity contribution in [1.29, 1.82) is 0 Å². The van der Waals surface area contributed by atoms with Gasteiger partial charge in [0.25, 0.3) is 0 Å².